The Balaban J connectivity index is 1.57. The number of benzene rings is 3. The van der Waals surface area contributed by atoms with Gasteiger partial charge < -0.3 is 15.4 Å². The molecule has 166 valence electrons. The summed E-state index contributed by atoms with van der Waals surface area (Å²) in [6, 6.07) is 16.1. The fourth-order valence-corrected chi connectivity index (χ4v) is 3.04. The molecule has 2 amide bonds. The maximum absolute atomic E-state index is 12.8. The lowest BCUT2D eigenvalue weighted by molar-refractivity contribution is -0.137. The van der Waals surface area contributed by atoms with Gasteiger partial charge in [0.1, 0.15) is 5.75 Å². The lowest BCUT2D eigenvalue weighted by atomic mass is 10.1. The molecule has 0 bridgehead atoms. The minimum atomic E-state index is -4.50. The number of alkyl halides is 3. The van der Waals surface area contributed by atoms with Gasteiger partial charge in [0.2, 0.25) is 0 Å². The number of hydrogen-bond donors (Lipinski definition) is 2. The third-order valence-electron chi connectivity index (χ3n) is 4.63. The van der Waals surface area contributed by atoms with E-state index in [4.69, 9.17) is 4.74 Å². The molecule has 0 atom stereocenters. The molecule has 3 rings (SSSR count). The van der Waals surface area contributed by atoms with E-state index in [1.807, 2.05) is 32.0 Å². The molecule has 0 aromatic heterocycles. The van der Waals surface area contributed by atoms with Gasteiger partial charge in [-0.15, -0.1) is 0 Å². The summed E-state index contributed by atoms with van der Waals surface area (Å²) < 4.78 is 44.0. The Morgan fingerprint density at radius 3 is 2.09 bits per heavy atom. The van der Waals surface area contributed by atoms with Gasteiger partial charge in [-0.3, -0.25) is 9.59 Å². The summed E-state index contributed by atoms with van der Waals surface area (Å²) in [6.07, 6.45) is -4.50. The molecule has 0 radical (unpaired) electrons. The van der Waals surface area contributed by atoms with Crippen LogP contribution in [0.4, 0.5) is 24.5 Å². The first-order valence-electron chi connectivity index (χ1n) is 9.71. The second kappa shape index (κ2) is 9.55. The second-order valence-electron chi connectivity index (χ2n) is 7.17. The van der Waals surface area contributed by atoms with Crippen molar-refractivity contribution in [3.8, 4) is 5.75 Å². The maximum Gasteiger partial charge on any atom is 0.416 e. The highest BCUT2D eigenvalue weighted by Gasteiger charge is 2.30. The predicted octanol–water partition coefficient (Wildman–Crippen LogP) is 5.59. The van der Waals surface area contributed by atoms with Crippen LogP contribution in [0.1, 0.15) is 27.0 Å². The molecular weight excluding hydrogens is 421 g/mol. The van der Waals surface area contributed by atoms with Crippen molar-refractivity contribution in [3.05, 3.63) is 89.0 Å². The Morgan fingerprint density at radius 2 is 1.47 bits per heavy atom. The molecule has 0 aliphatic carbocycles. The summed E-state index contributed by atoms with van der Waals surface area (Å²) in [4.78, 5) is 24.5. The van der Waals surface area contributed by atoms with Crippen molar-refractivity contribution in [1.29, 1.82) is 0 Å². The van der Waals surface area contributed by atoms with Gasteiger partial charge in [-0.25, -0.2) is 0 Å². The molecule has 3 aromatic carbocycles. The third-order valence-corrected chi connectivity index (χ3v) is 4.63. The zero-order valence-electron chi connectivity index (χ0n) is 17.4. The SMILES string of the molecule is Cc1cccc(C)c1OCC(=O)Nc1ccc(C(=O)Nc2cccc(C(F)(F)F)c2)cc1. The molecule has 0 unspecified atom stereocenters. The molecule has 3 aromatic rings. The van der Waals surface area contributed by atoms with Crippen LogP contribution in [0.15, 0.2) is 66.7 Å². The molecule has 0 fully saturated rings. The number of anilines is 2. The molecule has 5 nitrogen and oxygen atoms in total. The first kappa shape index (κ1) is 22.9. The first-order valence-corrected chi connectivity index (χ1v) is 9.71. The van der Waals surface area contributed by atoms with Crippen LogP contribution in [0.25, 0.3) is 0 Å². The lowest BCUT2D eigenvalue weighted by Gasteiger charge is -2.12. The van der Waals surface area contributed by atoms with Crippen molar-refractivity contribution in [1.82, 2.24) is 0 Å². The van der Waals surface area contributed by atoms with E-state index in [9.17, 15) is 22.8 Å². The fourth-order valence-electron chi connectivity index (χ4n) is 3.04. The van der Waals surface area contributed by atoms with Crippen LogP contribution in [0, 0.1) is 13.8 Å². The second-order valence-corrected chi connectivity index (χ2v) is 7.17. The number of carbonyl (C=O) groups excluding carboxylic acids is 2. The average molecular weight is 442 g/mol. The van der Waals surface area contributed by atoms with Gasteiger partial charge in [-0.1, -0.05) is 24.3 Å². The van der Waals surface area contributed by atoms with E-state index < -0.39 is 17.6 Å². The van der Waals surface area contributed by atoms with Crippen LogP contribution in [-0.2, 0) is 11.0 Å². The van der Waals surface area contributed by atoms with Gasteiger partial charge >= 0.3 is 6.18 Å². The number of amides is 2. The van der Waals surface area contributed by atoms with E-state index in [1.54, 1.807) is 0 Å². The Morgan fingerprint density at radius 1 is 0.844 bits per heavy atom. The fraction of sp³-hybridized carbons (Fsp3) is 0.167. The predicted molar refractivity (Wildman–Crippen MR) is 116 cm³/mol. The van der Waals surface area contributed by atoms with E-state index in [0.29, 0.717) is 11.4 Å². The number of para-hydroxylation sites is 1. The Kier molecular flexibility index (Phi) is 6.82. The molecule has 0 saturated heterocycles. The van der Waals surface area contributed by atoms with Crippen molar-refractivity contribution in [2.45, 2.75) is 20.0 Å². The number of aryl methyl sites for hydroxylation is 2. The summed E-state index contributed by atoms with van der Waals surface area (Å²) in [6.45, 7) is 3.61. The summed E-state index contributed by atoms with van der Waals surface area (Å²) in [5.74, 6) is -0.279. The monoisotopic (exact) mass is 442 g/mol. The van der Waals surface area contributed by atoms with Gasteiger partial charge in [0.25, 0.3) is 11.8 Å². The smallest absolute Gasteiger partial charge is 0.416 e. The van der Waals surface area contributed by atoms with E-state index >= 15 is 0 Å². The van der Waals surface area contributed by atoms with Gasteiger partial charge in [0.15, 0.2) is 6.61 Å². The van der Waals surface area contributed by atoms with Crippen LogP contribution in [-0.4, -0.2) is 18.4 Å². The summed E-state index contributed by atoms with van der Waals surface area (Å²) >= 11 is 0. The summed E-state index contributed by atoms with van der Waals surface area (Å²) in [5, 5.41) is 5.10. The molecule has 0 saturated carbocycles. The molecule has 0 aliphatic heterocycles. The zero-order valence-corrected chi connectivity index (χ0v) is 17.4. The highest BCUT2D eigenvalue weighted by atomic mass is 19.4. The molecule has 0 aliphatic rings. The van der Waals surface area contributed by atoms with Gasteiger partial charge in [-0.2, -0.15) is 13.2 Å². The van der Waals surface area contributed by atoms with Crippen LogP contribution in [0.2, 0.25) is 0 Å². The number of ether oxygens (including phenoxy) is 1. The number of nitrogens with one attached hydrogen (secondary N) is 2. The van der Waals surface area contributed by atoms with Crippen LogP contribution < -0.4 is 15.4 Å². The van der Waals surface area contributed by atoms with E-state index in [-0.39, 0.29) is 23.8 Å². The number of carbonyl (C=O) groups is 2. The number of rotatable bonds is 6. The molecular formula is C24H21F3N2O3. The van der Waals surface area contributed by atoms with Crippen LogP contribution >= 0.6 is 0 Å². The Labute approximate surface area is 183 Å². The number of hydrogen-bond acceptors (Lipinski definition) is 3. The topological polar surface area (TPSA) is 67.4 Å². The van der Waals surface area contributed by atoms with Gasteiger partial charge in [0.05, 0.1) is 5.56 Å². The van der Waals surface area contributed by atoms with Crippen molar-refractivity contribution < 1.29 is 27.5 Å². The Hall–Kier alpha value is -3.81. The van der Waals surface area contributed by atoms with Crippen molar-refractivity contribution in [2.75, 3.05) is 17.2 Å². The van der Waals surface area contributed by atoms with Crippen molar-refractivity contribution in [2.24, 2.45) is 0 Å². The third kappa shape index (κ3) is 5.87. The normalized spacial score (nSPS) is 11.0. The van der Waals surface area contributed by atoms with Gasteiger partial charge in [0, 0.05) is 16.9 Å². The standard InChI is InChI=1S/C24H21F3N2O3/c1-15-5-3-6-16(2)22(15)32-14-21(30)28-19-11-9-17(10-12-19)23(31)29-20-8-4-7-18(13-20)24(25,26)27/h3-13H,14H2,1-2H3,(H,28,30)(H,29,31). The minimum absolute atomic E-state index is 0.0332. The lowest BCUT2D eigenvalue weighted by Crippen LogP contribution is -2.20. The molecule has 2 N–H and O–H groups in total. The molecule has 32 heavy (non-hydrogen) atoms. The van der Waals surface area contributed by atoms with Crippen molar-refractivity contribution in [3.63, 3.8) is 0 Å². The quantitative estimate of drug-likeness (QED) is 0.523. The maximum atomic E-state index is 12.8. The van der Waals surface area contributed by atoms with E-state index in [2.05, 4.69) is 10.6 Å². The highest BCUT2D eigenvalue weighted by Crippen LogP contribution is 2.30. The van der Waals surface area contributed by atoms with Crippen molar-refractivity contribution >= 4 is 23.2 Å². The molecule has 8 heteroatoms. The largest absolute Gasteiger partial charge is 0.483 e. The first-order chi connectivity index (χ1) is 15.1. The number of halogens is 3. The molecule has 0 spiro atoms. The van der Waals surface area contributed by atoms with Crippen LogP contribution in [0.3, 0.4) is 0 Å². The van der Waals surface area contributed by atoms with Crippen LogP contribution in [0.5, 0.6) is 5.75 Å². The summed E-state index contributed by atoms with van der Waals surface area (Å²) in [7, 11) is 0. The minimum Gasteiger partial charge on any atom is -0.483 e. The average Bonchev–Trinajstić information content (AvgIpc) is 2.73. The molecule has 0 heterocycles. The van der Waals surface area contributed by atoms with Gasteiger partial charge in [-0.05, 0) is 67.4 Å². The highest BCUT2D eigenvalue weighted by molar-refractivity contribution is 6.04. The zero-order chi connectivity index (χ0) is 23.3. The Bertz CT molecular complexity index is 1110. The van der Waals surface area contributed by atoms with E-state index in [0.717, 1.165) is 23.3 Å². The summed E-state index contributed by atoms with van der Waals surface area (Å²) in [5.41, 5.74) is 1.72. The van der Waals surface area contributed by atoms with E-state index in [1.165, 1.54) is 36.4 Å².